The van der Waals surface area contributed by atoms with Crippen LogP contribution >= 0.6 is 11.6 Å². The molecule has 6 nitrogen and oxygen atoms in total. The molecule has 4 aromatic rings. The van der Waals surface area contributed by atoms with Crippen molar-refractivity contribution in [3.63, 3.8) is 0 Å². The van der Waals surface area contributed by atoms with Crippen LogP contribution in [0.15, 0.2) is 60.8 Å². The molecule has 3 N–H and O–H groups in total. The summed E-state index contributed by atoms with van der Waals surface area (Å²) < 4.78 is 0. The number of benzene rings is 2. The minimum atomic E-state index is -0.182. The van der Waals surface area contributed by atoms with E-state index in [9.17, 15) is 9.59 Å². The van der Waals surface area contributed by atoms with Gasteiger partial charge in [0.1, 0.15) is 0 Å². The van der Waals surface area contributed by atoms with Gasteiger partial charge in [0.15, 0.2) is 0 Å². The number of nitrogens with zero attached hydrogens (tertiary/aromatic N) is 1. The highest BCUT2D eigenvalue weighted by atomic mass is 35.5. The van der Waals surface area contributed by atoms with Crippen LogP contribution < -0.4 is 10.6 Å². The number of para-hydroxylation sites is 1. The van der Waals surface area contributed by atoms with Gasteiger partial charge in [0.25, 0.3) is 11.8 Å². The van der Waals surface area contributed by atoms with Gasteiger partial charge in [-0.05, 0) is 49.2 Å². The van der Waals surface area contributed by atoms with Crippen LogP contribution in [0, 0.1) is 6.92 Å². The summed E-state index contributed by atoms with van der Waals surface area (Å²) in [5, 5.41) is 7.33. The Morgan fingerprint density at radius 2 is 1.84 bits per heavy atom. The molecule has 4 rings (SSSR count). The van der Waals surface area contributed by atoms with Crippen molar-refractivity contribution in [2.45, 2.75) is 13.3 Å². The number of aromatic amines is 1. The van der Waals surface area contributed by atoms with Crippen molar-refractivity contribution in [1.29, 1.82) is 0 Å². The van der Waals surface area contributed by atoms with Crippen molar-refractivity contribution in [1.82, 2.24) is 20.6 Å². The number of pyridine rings is 1. The van der Waals surface area contributed by atoms with Crippen molar-refractivity contribution in [3.05, 3.63) is 88.2 Å². The molecule has 0 bridgehead atoms. The fourth-order valence-corrected chi connectivity index (χ4v) is 3.98. The Bertz CT molecular complexity index is 1300. The molecule has 0 radical (unpaired) electrons. The molecular weight excluding hydrogens is 424 g/mol. The Hall–Kier alpha value is -3.64. The van der Waals surface area contributed by atoms with Crippen LogP contribution in [-0.4, -0.2) is 35.4 Å². The van der Waals surface area contributed by atoms with E-state index in [0.717, 1.165) is 27.7 Å². The van der Waals surface area contributed by atoms with Crippen LogP contribution in [0.2, 0.25) is 5.02 Å². The number of halogens is 1. The lowest BCUT2D eigenvalue weighted by Crippen LogP contribution is -2.25. The SMILES string of the molecule is CNC(=O)c1cccc(-c2ccc(C(=O)NCCc3c(C)[nH]c4c(Cl)cccc34)cn2)c1. The maximum Gasteiger partial charge on any atom is 0.252 e. The van der Waals surface area contributed by atoms with Gasteiger partial charge in [0, 0.05) is 42.0 Å². The van der Waals surface area contributed by atoms with E-state index in [4.69, 9.17) is 11.6 Å². The second kappa shape index (κ2) is 9.24. The van der Waals surface area contributed by atoms with E-state index in [2.05, 4.69) is 20.6 Å². The molecule has 32 heavy (non-hydrogen) atoms. The summed E-state index contributed by atoms with van der Waals surface area (Å²) in [6, 6.07) is 16.5. The van der Waals surface area contributed by atoms with Gasteiger partial charge in [0.05, 0.1) is 21.8 Å². The summed E-state index contributed by atoms with van der Waals surface area (Å²) in [5.41, 5.74) is 5.66. The highest BCUT2D eigenvalue weighted by molar-refractivity contribution is 6.35. The summed E-state index contributed by atoms with van der Waals surface area (Å²) in [5.74, 6) is -0.339. The van der Waals surface area contributed by atoms with Gasteiger partial charge in [-0.15, -0.1) is 0 Å². The predicted octanol–water partition coefficient (Wildman–Crippen LogP) is 4.52. The first-order valence-corrected chi connectivity index (χ1v) is 10.7. The highest BCUT2D eigenvalue weighted by Gasteiger charge is 2.12. The maximum atomic E-state index is 12.6. The smallest absolute Gasteiger partial charge is 0.252 e. The summed E-state index contributed by atoms with van der Waals surface area (Å²) in [7, 11) is 1.59. The zero-order chi connectivity index (χ0) is 22.7. The number of amides is 2. The number of carbonyl (C=O) groups excluding carboxylic acids is 2. The molecule has 2 aromatic carbocycles. The van der Waals surface area contributed by atoms with Crippen LogP contribution in [0.4, 0.5) is 0 Å². The third-order valence-corrected chi connectivity index (χ3v) is 5.75. The quantitative estimate of drug-likeness (QED) is 0.407. The van der Waals surface area contributed by atoms with Crippen molar-refractivity contribution in [2.75, 3.05) is 13.6 Å². The number of hydrogen-bond acceptors (Lipinski definition) is 3. The van der Waals surface area contributed by atoms with Crippen molar-refractivity contribution >= 4 is 34.3 Å². The molecule has 0 fully saturated rings. The van der Waals surface area contributed by atoms with Crippen LogP contribution in [-0.2, 0) is 6.42 Å². The third-order valence-electron chi connectivity index (χ3n) is 5.44. The molecule has 0 aliphatic rings. The van der Waals surface area contributed by atoms with Crippen LogP contribution in [0.1, 0.15) is 32.0 Å². The highest BCUT2D eigenvalue weighted by Crippen LogP contribution is 2.28. The standard InChI is InChI=1S/C25H23ClN4O2/c1-15-19(20-7-4-8-21(26)23(20)30-15)11-12-28-25(32)18-9-10-22(29-14-18)16-5-3-6-17(13-16)24(31)27-2/h3-10,13-14,30H,11-12H2,1-2H3,(H,27,31)(H,28,32). The molecule has 0 aliphatic heterocycles. The number of hydrogen-bond donors (Lipinski definition) is 3. The number of aryl methyl sites for hydroxylation is 1. The van der Waals surface area contributed by atoms with Gasteiger partial charge >= 0.3 is 0 Å². The lowest BCUT2D eigenvalue weighted by molar-refractivity contribution is 0.0949. The molecule has 2 amide bonds. The van der Waals surface area contributed by atoms with E-state index in [1.807, 2.05) is 37.3 Å². The maximum absolute atomic E-state index is 12.6. The molecular formula is C25H23ClN4O2. The molecule has 0 spiro atoms. The number of rotatable bonds is 6. The normalized spacial score (nSPS) is 10.8. The summed E-state index contributed by atoms with van der Waals surface area (Å²) in [6.07, 6.45) is 2.24. The zero-order valence-corrected chi connectivity index (χ0v) is 18.6. The molecule has 0 aliphatic carbocycles. The monoisotopic (exact) mass is 446 g/mol. The van der Waals surface area contributed by atoms with E-state index in [1.165, 1.54) is 0 Å². The molecule has 0 saturated carbocycles. The fraction of sp³-hybridized carbons (Fsp3) is 0.160. The molecule has 0 atom stereocenters. The van der Waals surface area contributed by atoms with Crippen molar-refractivity contribution < 1.29 is 9.59 Å². The average Bonchev–Trinajstić information content (AvgIpc) is 3.15. The van der Waals surface area contributed by atoms with E-state index in [1.54, 1.807) is 37.5 Å². The largest absolute Gasteiger partial charge is 0.357 e. The van der Waals surface area contributed by atoms with E-state index in [0.29, 0.717) is 34.8 Å². The lowest BCUT2D eigenvalue weighted by atomic mass is 10.1. The first-order chi connectivity index (χ1) is 15.5. The molecule has 7 heteroatoms. The summed E-state index contributed by atoms with van der Waals surface area (Å²) >= 11 is 6.27. The first kappa shape index (κ1) is 21.6. The van der Waals surface area contributed by atoms with Crippen molar-refractivity contribution in [3.8, 4) is 11.3 Å². The Balaban J connectivity index is 1.41. The second-order valence-corrected chi connectivity index (χ2v) is 7.90. The van der Waals surface area contributed by atoms with Crippen LogP contribution in [0.3, 0.4) is 0 Å². The van der Waals surface area contributed by atoms with Gasteiger partial charge in [0.2, 0.25) is 0 Å². The topological polar surface area (TPSA) is 86.9 Å². The number of carbonyl (C=O) groups is 2. The first-order valence-electron chi connectivity index (χ1n) is 10.3. The third kappa shape index (κ3) is 4.36. The van der Waals surface area contributed by atoms with Gasteiger partial charge in [-0.1, -0.05) is 35.9 Å². The molecule has 2 aromatic heterocycles. The van der Waals surface area contributed by atoms with Crippen LogP contribution in [0.25, 0.3) is 22.2 Å². The van der Waals surface area contributed by atoms with Gasteiger partial charge in [-0.3, -0.25) is 14.6 Å². The fourth-order valence-electron chi connectivity index (χ4n) is 3.76. The molecule has 162 valence electrons. The Labute approximate surface area is 191 Å². The summed E-state index contributed by atoms with van der Waals surface area (Å²) in [6.45, 7) is 2.50. The molecule has 2 heterocycles. The predicted molar refractivity (Wildman–Crippen MR) is 127 cm³/mol. The number of nitrogens with one attached hydrogen (secondary N) is 3. The van der Waals surface area contributed by atoms with E-state index < -0.39 is 0 Å². The number of aromatic nitrogens is 2. The van der Waals surface area contributed by atoms with E-state index >= 15 is 0 Å². The minimum Gasteiger partial charge on any atom is -0.357 e. The second-order valence-electron chi connectivity index (χ2n) is 7.49. The van der Waals surface area contributed by atoms with Gasteiger partial charge in [-0.25, -0.2) is 0 Å². The molecule has 0 unspecified atom stereocenters. The van der Waals surface area contributed by atoms with Crippen LogP contribution in [0.5, 0.6) is 0 Å². The van der Waals surface area contributed by atoms with Gasteiger partial charge < -0.3 is 15.6 Å². The van der Waals surface area contributed by atoms with Crippen molar-refractivity contribution in [2.24, 2.45) is 0 Å². The van der Waals surface area contributed by atoms with Gasteiger partial charge in [-0.2, -0.15) is 0 Å². The lowest BCUT2D eigenvalue weighted by Gasteiger charge is -2.07. The van der Waals surface area contributed by atoms with E-state index in [-0.39, 0.29) is 11.8 Å². The Kier molecular flexibility index (Phi) is 6.23. The molecule has 0 saturated heterocycles. The Morgan fingerprint density at radius 3 is 2.59 bits per heavy atom. The average molecular weight is 447 g/mol. The Morgan fingerprint density at radius 1 is 1.03 bits per heavy atom. The minimum absolute atomic E-state index is 0.157. The number of fused-ring (bicyclic) bond motifs is 1. The number of H-pyrrole nitrogens is 1. The summed E-state index contributed by atoms with van der Waals surface area (Å²) in [4.78, 5) is 32.1. The zero-order valence-electron chi connectivity index (χ0n) is 17.8.